The Labute approximate surface area is 130 Å². The van der Waals surface area contributed by atoms with Gasteiger partial charge in [0.1, 0.15) is 16.4 Å². The molecule has 0 aliphatic heterocycles. The molecule has 0 atom stereocenters. The van der Waals surface area contributed by atoms with Gasteiger partial charge in [-0.05, 0) is 39.9 Å². The maximum absolute atomic E-state index is 12.5. The zero-order valence-corrected chi connectivity index (χ0v) is 14.3. The van der Waals surface area contributed by atoms with Crippen LogP contribution in [0.4, 0.5) is 0 Å². The van der Waals surface area contributed by atoms with Crippen LogP contribution >= 0.6 is 27.3 Å². The van der Waals surface area contributed by atoms with E-state index in [1.807, 2.05) is 11.4 Å². The van der Waals surface area contributed by atoms with E-state index >= 15 is 0 Å². The van der Waals surface area contributed by atoms with Crippen LogP contribution in [-0.2, 0) is 23.1 Å². The van der Waals surface area contributed by atoms with Gasteiger partial charge < -0.3 is 10.2 Å². The third kappa shape index (κ3) is 3.15. The number of rotatable bonds is 5. The molecule has 2 N–H and O–H groups in total. The first-order valence-electron chi connectivity index (χ1n) is 5.83. The fraction of sp³-hybridized carbons (Fsp3) is 0.333. The van der Waals surface area contributed by atoms with Crippen molar-refractivity contribution in [3.05, 3.63) is 38.4 Å². The Morgan fingerprint density at radius 2 is 2.15 bits per heavy atom. The van der Waals surface area contributed by atoms with Crippen LogP contribution in [0.15, 0.2) is 30.6 Å². The van der Waals surface area contributed by atoms with Crippen molar-refractivity contribution >= 4 is 37.3 Å². The molecule has 110 valence electrons. The molecule has 0 radical (unpaired) electrons. The fourth-order valence-electron chi connectivity index (χ4n) is 1.82. The van der Waals surface area contributed by atoms with Gasteiger partial charge in [-0.3, -0.25) is 0 Å². The lowest BCUT2D eigenvalue weighted by molar-refractivity contribution is 0.456. The number of hydrogen-bond acceptors (Lipinski definition) is 5. The van der Waals surface area contributed by atoms with Gasteiger partial charge in [-0.2, -0.15) is 4.31 Å². The Hall–Kier alpha value is -0.670. The fourth-order valence-corrected chi connectivity index (χ4v) is 4.36. The van der Waals surface area contributed by atoms with E-state index in [-0.39, 0.29) is 11.4 Å². The number of hydrogen-bond donors (Lipinski definition) is 1. The highest BCUT2D eigenvalue weighted by Gasteiger charge is 2.26. The maximum atomic E-state index is 12.5. The number of thiophene rings is 1. The van der Waals surface area contributed by atoms with E-state index in [0.29, 0.717) is 18.1 Å². The standard InChI is InChI=1S/C12H15BrN2O3S2/c1-8-11(4-10(5-14)18-8)20(16,17)15(2)6-9-3-12(13)19-7-9/h3-4,7H,5-6,14H2,1-2H3. The molecule has 0 aromatic carbocycles. The van der Waals surface area contributed by atoms with E-state index < -0.39 is 10.0 Å². The minimum absolute atomic E-state index is 0.176. The monoisotopic (exact) mass is 378 g/mol. The molecular weight excluding hydrogens is 364 g/mol. The van der Waals surface area contributed by atoms with Crippen LogP contribution in [0.25, 0.3) is 0 Å². The van der Waals surface area contributed by atoms with Crippen LogP contribution in [0, 0.1) is 6.92 Å². The van der Waals surface area contributed by atoms with E-state index in [4.69, 9.17) is 10.2 Å². The van der Waals surface area contributed by atoms with Crippen LogP contribution in [-0.4, -0.2) is 19.8 Å². The SMILES string of the molecule is Cc1oc(CN)cc1S(=O)(=O)N(C)Cc1csc(Br)c1. The van der Waals surface area contributed by atoms with Gasteiger partial charge in [0.05, 0.1) is 10.3 Å². The van der Waals surface area contributed by atoms with Gasteiger partial charge >= 0.3 is 0 Å². The molecule has 5 nitrogen and oxygen atoms in total. The summed E-state index contributed by atoms with van der Waals surface area (Å²) in [6.45, 7) is 2.12. The smallest absolute Gasteiger partial charge is 0.246 e. The highest BCUT2D eigenvalue weighted by atomic mass is 79.9. The molecule has 0 bridgehead atoms. The minimum atomic E-state index is -3.57. The molecule has 2 aromatic rings. The molecular formula is C12H15BrN2O3S2. The molecule has 0 aliphatic rings. The van der Waals surface area contributed by atoms with Crippen molar-refractivity contribution in [3.8, 4) is 0 Å². The van der Waals surface area contributed by atoms with E-state index in [0.717, 1.165) is 9.35 Å². The normalized spacial score (nSPS) is 12.2. The van der Waals surface area contributed by atoms with E-state index in [9.17, 15) is 8.42 Å². The summed E-state index contributed by atoms with van der Waals surface area (Å²) in [5.41, 5.74) is 6.41. The molecule has 0 unspecified atom stereocenters. The van der Waals surface area contributed by atoms with Gasteiger partial charge in [-0.25, -0.2) is 8.42 Å². The topological polar surface area (TPSA) is 76.5 Å². The van der Waals surface area contributed by atoms with Crippen LogP contribution in [0.2, 0.25) is 0 Å². The van der Waals surface area contributed by atoms with Crippen molar-refractivity contribution in [2.24, 2.45) is 5.73 Å². The molecule has 0 amide bonds. The molecule has 0 aliphatic carbocycles. The molecule has 0 saturated carbocycles. The summed E-state index contributed by atoms with van der Waals surface area (Å²) in [6, 6.07) is 3.40. The van der Waals surface area contributed by atoms with Crippen LogP contribution < -0.4 is 5.73 Å². The first kappa shape index (κ1) is 15.7. The van der Waals surface area contributed by atoms with Gasteiger partial charge in [0.25, 0.3) is 0 Å². The Bertz CT molecular complexity index is 706. The number of nitrogens with two attached hydrogens (primary N) is 1. The maximum Gasteiger partial charge on any atom is 0.246 e. The lowest BCUT2D eigenvalue weighted by atomic mass is 10.3. The van der Waals surface area contributed by atoms with Crippen molar-refractivity contribution < 1.29 is 12.8 Å². The van der Waals surface area contributed by atoms with Crippen molar-refractivity contribution in [3.63, 3.8) is 0 Å². The molecule has 8 heteroatoms. The number of furan rings is 1. The Morgan fingerprint density at radius 3 is 2.65 bits per heavy atom. The quantitative estimate of drug-likeness (QED) is 0.867. The van der Waals surface area contributed by atoms with E-state index in [1.165, 1.54) is 21.7 Å². The van der Waals surface area contributed by atoms with E-state index in [1.54, 1.807) is 14.0 Å². The lowest BCUT2D eigenvalue weighted by Crippen LogP contribution is -2.26. The molecule has 0 fully saturated rings. The van der Waals surface area contributed by atoms with Crippen molar-refractivity contribution in [1.82, 2.24) is 4.31 Å². The first-order valence-corrected chi connectivity index (χ1v) is 8.94. The summed E-state index contributed by atoms with van der Waals surface area (Å²) in [5.74, 6) is 0.830. The zero-order chi connectivity index (χ0) is 14.9. The summed E-state index contributed by atoms with van der Waals surface area (Å²) < 4.78 is 32.6. The molecule has 2 rings (SSSR count). The summed E-state index contributed by atoms with van der Waals surface area (Å²) in [6.07, 6.45) is 0. The second-order valence-corrected chi connectivity index (χ2v) is 8.66. The number of halogens is 1. The Balaban J connectivity index is 2.26. The van der Waals surface area contributed by atoms with Crippen LogP contribution in [0.1, 0.15) is 17.1 Å². The Morgan fingerprint density at radius 1 is 1.45 bits per heavy atom. The van der Waals surface area contributed by atoms with Crippen molar-refractivity contribution in [2.75, 3.05) is 7.05 Å². The largest absolute Gasteiger partial charge is 0.464 e. The summed E-state index contributed by atoms with van der Waals surface area (Å²) in [4.78, 5) is 0.176. The predicted octanol–water partition coefficient (Wildman–Crippen LogP) is 2.69. The summed E-state index contributed by atoms with van der Waals surface area (Å²) in [7, 11) is -2.02. The number of nitrogens with zero attached hydrogens (tertiary/aromatic N) is 1. The zero-order valence-electron chi connectivity index (χ0n) is 11.1. The predicted molar refractivity (Wildman–Crippen MR) is 82.0 cm³/mol. The molecule has 0 spiro atoms. The summed E-state index contributed by atoms with van der Waals surface area (Å²) >= 11 is 4.89. The van der Waals surface area contributed by atoms with Crippen molar-refractivity contribution in [2.45, 2.75) is 24.9 Å². The van der Waals surface area contributed by atoms with Gasteiger partial charge in [0, 0.05) is 19.7 Å². The van der Waals surface area contributed by atoms with Gasteiger partial charge in [-0.1, -0.05) is 0 Å². The molecule has 2 aromatic heterocycles. The summed E-state index contributed by atoms with van der Waals surface area (Å²) in [5, 5.41) is 1.92. The van der Waals surface area contributed by atoms with Gasteiger partial charge in [0.15, 0.2) is 0 Å². The average molecular weight is 379 g/mol. The minimum Gasteiger partial charge on any atom is -0.464 e. The van der Waals surface area contributed by atoms with Crippen molar-refractivity contribution in [1.29, 1.82) is 0 Å². The third-order valence-corrected chi connectivity index (χ3v) is 6.30. The van der Waals surface area contributed by atoms with E-state index in [2.05, 4.69) is 15.9 Å². The third-order valence-electron chi connectivity index (χ3n) is 2.84. The lowest BCUT2D eigenvalue weighted by Gasteiger charge is -2.15. The second-order valence-electron chi connectivity index (χ2n) is 4.36. The van der Waals surface area contributed by atoms with Gasteiger partial charge in [0.2, 0.25) is 10.0 Å². The van der Waals surface area contributed by atoms with Crippen LogP contribution in [0.5, 0.6) is 0 Å². The molecule has 0 saturated heterocycles. The second kappa shape index (κ2) is 5.98. The molecule has 20 heavy (non-hydrogen) atoms. The average Bonchev–Trinajstić information content (AvgIpc) is 2.95. The molecule has 2 heterocycles. The highest BCUT2D eigenvalue weighted by Crippen LogP contribution is 2.26. The van der Waals surface area contributed by atoms with Gasteiger partial charge in [-0.15, -0.1) is 11.3 Å². The Kier molecular flexibility index (Phi) is 4.70. The highest BCUT2D eigenvalue weighted by molar-refractivity contribution is 9.11. The number of aryl methyl sites for hydroxylation is 1. The van der Waals surface area contributed by atoms with Crippen LogP contribution in [0.3, 0.4) is 0 Å². The number of sulfonamides is 1. The first-order chi connectivity index (χ1) is 9.34.